The van der Waals surface area contributed by atoms with Gasteiger partial charge in [-0.3, -0.25) is 4.79 Å². The van der Waals surface area contributed by atoms with E-state index >= 15 is 0 Å². The van der Waals surface area contributed by atoms with Gasteiger partial charge in [-0.2, -0.15) is 0 Å². The molecular weight excluding hydrogens is 297 g/mol. The fourth-order valence-corrected chi connectivity index (χ4v) is 2.62. The van der Waals surface area contributed by atoms with Gasteiger partial charge in [-0.1, -0.05) is 47.5 Å². The second kappa shape index (κ2) is 6.27. The van der Waals surface area contributed by atoms with Crippen molar-refractivity contribution in [2.75, 3.05) is 0 Å². The highest BCUT2D eigenvalue weighted by Gasteiger charge is 2.13. The lowest BCUT2D eigenvalue weighted by Crippen LogP contribution is -2.14. The summed E-state index contributed by atoms with van der Waals surface area (Å²) < 4.78 is 0. The van der Waals surface area contributed by atoms with E-state index in [9.17, 15) is 4.79 Å². The summed E-state index contributed by atoms with van der Waals surface area (Å²) in [4.78, 5) is 10.7. The van der Waals surface area contributed by atoms with Crippen LogP contribution in [-0.2, 0) is 4.79 Å². The molecule has 2 rings (SSSR count). The number of nitrogens with two attached hydrogens (primary N) is 1. The molecule has 0 heterocycles. The number of rotatable bonds is 4. The molecule has 20 heavy (non-hydrogen) atoms. The minimum absolute atomic E-state index is 0.125. The maximum absolute atomic E-state index is 10.7. The first-order valence-corrected chi connectivity index (χ1v) is 6.76. The molecule has 5 heteroatoms. The number of carboxylic acid groups (broad SMARTS) is 1. The monoisotopic (exact) mass is 309 g/mol. The van der Waals surface area contributed by atoms with Gasteiger partial charge >= 0.3 is 5.97 Å². The minimum Gasteiger partial charge on any atom is -0.481 e. The van der Waals surface area contributed by atoms with Crippen molar-refractivity contribution >= 4 is 29.2 Å². The summed E-state index contributed by atoms with van der Waals surface area (Å²) in [5, 5.41) is 9.88. The van der Waals surface area contributed by atoms with E-state index in [4.69, 9.17) is 34.0 Å². The van der Waals surface area contributed by atoms with Crippen LogP contribution in [0.15, 0.2) is 42.5 Å². The SMILES string of the molecule is N[C@@H](CC(=O)O)c1cccc(-c2c(Cl)cccc2Cl)c1. The molecule has 0 aromatic heterocycles. The molecule has 0 saturated heterocycles. The summed E-state index contributed by atoms with van der Waals surface area (Å²) in [6, 6.07) is 12.0. The summed E-state index contributed by atoms with van der Waals surface area (Å²) in [5.74, 6) is -0.932. The molecule has 0 fully saturated rings. The van der Waals surface area contributed by atoms with Crippen LogP contribution >= 0.6 is 23.2 Å². The molecule has 0 radical (unpaired) electrons. The average molecular weight is 310 g/mol. The third kappa shape index (κ3) is 3.31. The maximum Gasteiger partial charge on any atom is 0.305 e. The van der Waals surface area contributed by atoms with Gasteiger partial charge in [0.25, 0.3) is 0 Å². The molecule has 2 aromatic rings. The Morgan fingerprint density at radius 2 is 1.75 bits per heavy atom. The molecule has 0 unspecified atom stereocenters. The first-order valence-electron chi connectivity index (χ1n) is 6.00. The summed E-state index contributed by atoms with van der Waals surface area (Å²) in [7, 11) is 0. The molecule has 3 N–H and O–H groups in total. The lowest BCUT2D eigenvalue weighted by atomic mass is 9.98. The Morgan fingerprint density at radius 1 is 1.15 bits per heavy atom. The number of aliphatic carboxylic acids is 1. The zero-order chi connectivity index (χ0) is 14.7. The second-order valence-electron chi connectivity index (χ2n) is 4.43. The lowest BCUT2D eigenvalue weighted by Gasteiger charge is -2.13. The fourth-order valence-electron chi connectivity index (χ4n) is 2.00. The third-order valence-corrected chi connectivity index (χ3v) is 3.59. The molecule has 104 valence electrons. The van der Waals surface area contributed by atoms with Crippen molar-refractivity contribution in [2.24, 2.45) is 5.73 Å². The third-order valence-electron chi connectivity index (χ3n) is 2.96. The average Bonchev–Trinajstić information content (AvgIpc) is 2.38. The number of halogens is 2. The van der Waals surface area contributed by atoms with E-state index in [0.717, 1.165) is 16.7 Å². The summed E-state index contributed by atoms with van der Waals surface area (Å²) in [5.41, 5.74) is 8.15. The van der Waals surface area contributed by atoms with Crippen LogP contribution in [0, 0.1) is 0 Å². The topological polar surface area (TPSA) is 63.3 Å². The lowest BCUT2D eigenvalue weighted by molar-refractivity contribution is -0.137. The van der Waals surface area contributed by atoms with Gasteiger partial charge in [-0.15, -0.1) is 0 Å². The Morgan fingerprint density at radius 3 is 2.35 bits per heavy atom. The van der Waals surface area contributed by atoms with Gasteiger partial charge in [0.1, 0.15) is 0 Å². The van der Waals surface area contributed by atoms with Crippen molar-refractivity contribution in [2.45, 2.75) is 12.5 Å². The molecule has 1 atom stereocenters. The molecule has 0 aliphatic rings. The maximum atomic E-state index is 10.7. The molecule has 0 bridgehead atoms. The molecule has 0 saturated carbocycles. The van der Waals surface area contributed by atoms with Gasteiger partial charge in [0, 0.05) is 21.7 Å². The van der Waals surface area contributed by atoms with Crippen molar-refractivity contribution in [1.82, 2.24) is 0 Å². The highest BCUT2D eigenvalue weighted by molar-refractivity contribution is 6.39. The Balaban J connectivity index is 2.42. The van der Waals surface area contributed by atoms with Crippen LogP contribution in [0.3, 0.4) is 0 Å². The number of hydrogen-bond acceptors (Lipinski definition) is 2. The Hall–Kier alpha value is -1.55. The minimum atomic E-state index is -0.932. The Labute approximate surface area is 126 Å². The van der Waals surface area contributed by atoms with Crippen molar-refractivity contribution in [3.63, 3.8) is 0 Å². The number of carboxylic acids is 1. The molecule has 0 aliphatic carbocycles. The van der Waals surface area contributed by atoms with Crippen molar-refractivity contribution in [1.29, 1.82) is 0 Å². The van der Waals surface area contributed by atoms with Crippen LogP contribution in [0.1, 0.15) is 18.0 Å². The van der Waals surface area contributed by atoms with E-state index in [1.807, 2.05) is 18.2 Å². The zero-order valence-corrected chi connectivity index (χ0v) is 12.0. The normalized spacial score (nSPS) is 12.2. The van der Waals surface area contributed by atoms with Crippen LogP contribution in [0.25, 0.3) is 11.1 Å². The highest BCUT2D eigenvalue weighted by Crippen LogP contribution is 2.35. The highest BCUT2D eigenvalue weighted by atomic mass is 35.5. The van der Waals surface area contributed by atoms with Crippen molar-refractivity contribution in [3.05, 3.63) is 58.1 Å². The van der Waals surface area contributed by atoms with Gasteiger partial charge in [-0.05, 0) is 29.3 Å². The summed E-state index contributed by atoms with van der Waals surface area (Å²) >= 11 is 12.3. The fraction of sp³-hybridized carbons (Fsp3) is 0.133. The number of hydrogen-bond donors (Lipinski definition) is 2. The van der Waals surface area contributed by atoms with Gasteiger partial charge in [-0.25, -0.2) is 0 Å². The van der Waals surface area contributed by atoms with Gasteiger partial charge < -0.3 is 10.8 Å². The molecular formula is C15H13Cl2NO2. The molecule has 0 amide bonds. The molecule has 0 spiro atoms. The molecule has 2 aromatic carbocycles. The second-order valence-corrected chi connectivity index (χ2v) is 5.24. The smallest absolute Gasteiger partial charge is 0.305 e. The largest absolute Gasteiger partial charge is 0.481 e. The molecule has 0 aliphatic heterocycles. The first-order chi connectivity index (χ1) is 9.49. The van der Waals surface area contributed by atoms with Gasteiger partial charge in [0.15, 0.2) is 0 Å². The quantitative estimate of drug-likeness (QED) is 0.892. The summed E-state index contributed by atoms with van der Waals surface area (Å²) in [6.07, 6.45) is -0.125. The summed E-state index contributed by atoms with van der Waals surface area (Å²) in [6.45, 7) is 0. The van der Waals surface area contributed by atoms with E-state index in [0.29, 0.717) is 10.0 Å². The van der Waals surface area contributed by atoms with Crippen LogP contribution in [0.4, 0.5) is 0 Å². The predicted molar refractivity (Wildman–Crippen MR) is 81.1 cm³/mol. The first kappa shape index (κ1) is 14.9. The predicted octanol–water partition coefficient (Wildman–Crippen LogP) is 4.13. The van der Waals surface area contributed by atoms with E-state index in [1.165, 1.54) is 0 Å². The van der Waals surface area contributed by atoms with Gasteiger partial charge in [0.2, 0.25) is 0 Å². The van der Waals surface area contributed by atoms with Crippen molar-refractivity contribution < 1.29 is 9.90 Å². The van der Waals surface area contributed by atoms with Crippen LogP contribution in [0.2, 0.25) is 10.0 Å². The number of benzene rings is 2. The van der Waals surface area contributed by atoms with E-state index in [2.05, 4.69) is 0 Å². The van der Waals surface area contributed by atoms with Crippen LogP contribution < -0.4 is 5.73 Å². The van der Waals surface area contributed by atoms with Crippen LogP contribution in [0.5, 0.6) is 0 Å². The zero-order valence-electron chi connectivity index (χ0n) is 10.5. The van der Waals surface area contributed by atoms with Crippen molar-refractivity contribution in [3.8, 4) is 11.1 Å². The Bertz CT molecular complexity index is 623. The Kier molecular flexibility index (Phi) is 4.65. The van der Waals surface area contributed by atoms with E-state index < -0.39 is 12.0 Å². The van der Waals surface area contributed by atoms with E-state index in [1.54, 1.807) is 24.3 Å². The van der Waals surface area contributed by atoms with E-state index in [-0.39, 0.29) is 6.42 Å². The standard InChI is InChI=1S/C15H13Cl2NO2/c16-11-5-2-6-12(17)15(11)10-4-1-3-9(7-10)13(18)8-14(19)20/h1-7,13H,8,18H2,(H,19,20)/t13-/m0/s1. The van der Waals surface area contributed by atoms with Gasteiger partial charge in [0.05, 0.1) is 6.42 Å². The number of carbonyl (C=O) groups is 1. The molecule has 3 nitrogen and oxygen atoms in total. The van der Waals surface area contributed by atoms with Crippen LogP contribution in [-0.4, -0.2) is 11.1 Å².